The van der Waals surface area contributed by atoms with Gasteiger partial charge in [0, 0.05) is 29.4 Å². The molecule has 180 valence electrons. The maximum absolute atomic E-state index is 13.4. The molecule has 5 nitrogen and oxygen atoms in total. The first-order valence-corrected chi connectivity index (χ1v) is 12.9. The van der Waals surface area contributed by atoms with E-state index in [1.165, 1.54) is 23.9 Å². The largest absolute Gasteiger partial charge is 0.343 e. The first-order chi connectivity index (χ1) is 16.6. The molecule has 0 spiro atoms. The number of nitrogens with zero attached hydrogens (tertiary/aromatic N) is 1. The molecule has 9 heteroatoms. The number of hydrogen-bond acceptors (Lipinski definition) is 5. The summed E-state index contributed by atoms with van der Waals surface area (Å²) in [5.74, 6) is -0.0953. The molecule has 0 amide bonds. The quantitative estimate of drug-likeness (QED) is 0.290. The van der Waals surface area contributed by atoms with Gasteiger partial charge in [-0.3, -0.25) is 9.59 Å². The van der Waals surface area contributed by atoms with Crippen LogP contribution in [0, 0.1) is 11.2 Å². The van der Waals surface area contributed by atoms with E-state index in [0.717, 1.165) is 11.3 Å². The van der Waals surface area contributed by atoms with E-state index in [1.54, 1.807) is 30.3 Å². The van der Waals surface area contributed by atoms with Crippen molar-refractivity contribution < 1.29 is 9.18 Å². The number of carbonyl (C=O) groups excluding carboxylic acids is 1. The summed E-state index contributed by atoms with van der Waals surface area (Å²) in [6.45, 7) is 4.09. The minimum atomic E-state index is -0.677. The molecule has 5 rings (SSSR count). The molecule has 35 heavy (non-hydrogen) atoms. The van der Waals surface area contributed by atoms with Crippen molar-refractivity contribution in [1.29, 1.82) is 0 Å². The van der Waals surface area contributed by atoms with Crippen molar-refractivity contribution in [2.24, 2.45) is 5.41 Å². The van der Waals surface area contributed by atoms with Crippen LogP contribution in [0.5, 0.6) is 0 Å². The first kappa shape index (κ1) is 24.1. The Bertz CT molecular complexity index is 1430. The van der Waals surface area contributed by atoms with E-state index in [4.69, 9.17) is 28.2 Å². The highest BCUT2D eigenvalue weighted by Gasteiger charge is 2.43. The number of hydrogen-bond donors (Lipinski definition) is 2. The molecule has 1 unspecified atom stereocenters. The van der Waals surface area contributed by atoms with Gasteiger partial charge in [-0.1, -0.05) is 73.1 Å². The lowest BCUT2D eigenvalue weighted by molar-refractivity contribution is -0.118. The van der Waals surface area contributed by atoms with Crippen LogP contribution in [-0.4, -0.2) is 15.8 Å². The first-order valence-electron chi connectivity index (χ1n) is 11.1. The van der Waals surface area contributed by atoms with Crippen LogP contribution >= 0.6 is 35.0 Å². The Balaban J connectivity index is 1.61. The highest BCUT2D eigenvalue weighted by molar-refractivity contribution is 7.98. The van der Waals surface area contributed by atoms with Gasteiger partial charge in [0.1, 0.15) is 11.6 Å². The van der Waals surface area contributed by atoms with Gasteiger partial charge in [0.15, 0.2) is 10.9 Å². The molecule has 0 radical (unpaired) electrons. The molecule has 1 atom stereocenters. The fraction of sp³-hybridized carbons (Fsp3) is 0.269. The molecule has 2 N–H and O–H groups in total. The van der Waals surface area contributed by atoms with Crippen LogP contribution in [0.25, 0.3) is 0 Å². The Hall–Kier alpha value is -2.61. The minimum Gasteiger partial charge on any atom is -0.343 e. The molecule has 2 aromatic carbocycles. The number of allylic oxidation sites excluding steroid dienone is 2. The summed E-state index contributed by atoms with van der Waals surface area (Å²) in [6, 6.07) is 11.4. The molecule has 1 aliphatic carbocycles. The van der Waals surface area contributed by atoms with Gasteiger partial charge >= 0.3 is 0 Å². The third kappa shape index (κ3) is 4.65. The number of ketones is 1. The van der Waals surface area contributed by atoms with Gasteiger partial charge in [-0.2, -0.15) is 0 Å². The topological polar surface area (TPSA) is 74.8 Å². The third-order valence-electron chi connectivity index (χ3n) is 6.28. The Labute approximate surface area is 216 Å². The number of thioether (sulfide) groups is 1. The summed E-state index contributed by atoms with van der Waals surface area (Å²) < 4.78 is 13.2. The van der Waals surface area contributed by atoms with Crippen molar-refractivity contribution >= 4 is 46.6 Å². The minimum absolute atomic E-state index is 0.0235. The lowest BCUT2D eigenvalue weighted by Crippen LogP contribution is -2.37. The number of H-pyrrole nitrogens is 1. The Morgan fingerprint density at radius 2 is 1.86 bits per heavy atom. The van der Waals surface area contributed by atoms with Crippen molar-refractivity contribution in [3.8, 4) is 0 Å². The van der Waals surface area contributed by atoms with Gasteiger partial charge in [0.25, 0.3) is 5.56 Å². The van der Waals surface area contributed by atoms with E-state index < -0.39 is 5.92 Å². The lowest BCUT2D eigenvalue weighted by Gasteiger charge is -2.38. The second-order valence-corrected chi connectivity index (χ2v) is 11.3. The number of aromatic nitrogens is 2. The van der Waals surface area contributed by atoms with Crippen LogP contribution in [-0.2, 0) is 10.5 Å². The molecule has 0 saturated heterocycles. The Morgan fingerprint density at radius 1 is 1.11 bits per heavy atom. The Morgan fingerprint density at radius 3 is 2.60 bits per heavy atom. The lowest BCUT2D eigenvalue weighted by atomic mass is 9.69. The van der Waals surface area contributed by atoms with E-state index in [1.807, 2.05) is 13.8 Å². The van der Waals surface area contributed by atoms with E-state index in [-0.39, 0.29) is 22.6 Å². The highest BCUT2D eigenvalue weighted by Crippen LogP contribution is 2.49. The Kier molecular flexibility index (Phi) is 6.28. The van der Waals surface area contributed by atoms with E-state index in [2.05, 4.69) is 10.3 Å². The van der Waals surface area contributed by atoms with E-state index >= 15 is 0 Å². The highest BCUT2D eigenvalue weighted by atomic mass is 35.5. The molecule has 0 saturated carbocycles. The molecule has 3 aromatic rings. The number of benzene rings is 2. The van der Waals surface area contributed by atoms with Gasteiger partial charge < -0.3 is 10.3 Å². The SMILES string of the molecule is CC1(C)CC(=O)C2=C(C1)Nc1nc(SCc3ccc(F)cc3)[nH]c(=O)c1C2c1cccc(Cl)c1Cl. The zero-order valence-corrected chi connectivity index (χ0v) is 21.4. The molecule has 0 bridgehead atoms. The van der Waals surface area contributed by atoms with Crippen molar-refractivity contribution in [3.63, 3.8) is 0 Å². The second kappa shape index (κ2) is 9.12. The summed E-state index contributed by atoms with van der Waals surface area (Å²) >= 11 is 14.2. The van der Waals surface area contributed by atoms with Gasteiger partial charge in [-0.25, -0.2) is 9.37 Å². The average Bonchev–Trinajstić information content (AvgIpc) is 2.78. The van der Waals surface area contributed by atoms with Crippen molar-refractivity contribution in [2.75, 3.05) is 5.32 Å². The summed E-state index contributed by atoms with van der Waals surface area (Å²) in [5.41, 5.74) is 2.55. The molecule has 2 heterocycles. The predicted molar refractivity (Wildman–Crippen MR) is 138 cm³/mol. The van der Waals surface area contributed by atoms with Crippen molar-refractivity contribution in [2.45, 2.75) is 43.5 Å². The maximum atomic E-state index is 13.4. The van der Waals surface area contributed by atoms with Crippen LogP contribution in [0.4, 0.5) is 10.2 Å². The number of carbonyl (C=O) groups is 1. The smallest absolute Gasteiger partial charge is 0.257 e. The van der Waals surface area contributed by atoms with Crippen LogP contribution in [0.3, 0.4) is 0 Å². The zero-order chi connectivity index (χ0) is 24.9. The van der Waals surface area contributed by atoms with Crippen molar-refractivity contribution in [1.82, 2.24) is 9.97 Å². The number of halogens is 3. The molecule has 0 fully saturated rings. The molecular weight excluding hydrogens is 508 g/mol. The fourth-order valence-electron chi connectivity index (χ4n) is 4.75. The van der Waals surface area contributed by atoms with Gasteiger partial charge in [-0.05, 0) is 41.2 Å². The summed E-state index contributed by atoms with van der Waals surface area (Å²) in [4.78, 5) is 34.3. The van der Waals surface area contributed by atoms with Crippen LogP contribution in [0.2, 0.25) is 10.0 Å². The fourth-order valence-corrected chi connectivity index (χ4v) is 5.98. The monoisotopic (exact) mass is 529 g/mol. The van der Waals surface area contributed by atoms with Crippen molar-refractivity contribution in [3.05, 3.63) is 96.6 Å². The van der Waals surface area contributed by atoms with Gasteiger partial charge in [0.2, 0.25) is 0 Å². The normalized spacial score (nSPS) is 18.7. The maximum Gasteiger partial charge on any atom is 0.257 e. The number of fused-ring (bicyclic) bond motifs is 1. The van der Waals surface area contributed by atoms with Crippen LogP contribution in [0.15, 0.2) is 63.7 Å². The average molecular weight is 530 g/mol. The standard InChI is InChI=1S/C26H22Cl2FN3O2S/c1-26(2)10-17-20(18(33)11-26)19(15-4-3-5-16(27)22(15)28)21-23(30-17)31-25(32-24(21)34)35-12-13-6-8-14(29)9-7-13/h3-9,19H,10-12H2,1-2H3,(H2,30,31,32,34). The van der Waals surface area contributed by atoms with Crippen LogP contribution < -0.4 is 10.9 Å². The van der Waals surface area contributed by atoms with E-state index in [0.29, 0.717) is 56.3 Å². The third-order valence-corrected chi connectivity index (χ3v) is 8.06. The molecule has 2 aliphatic rings. The van der Waals surface area contributed by atoms with E-state index in [9.17, 15) is 14.0 Å². The molecule has 1 aromatic heterocycles. The summed E-state index contributed by atoms with van der Waals surface area (Å²) in [7, 11) is 0. The second-order valence-electron chi connectivity index (χ2n) is 9.58. The number of rotatable bonds is 4. The summed E-state index contributed by atoms with van der Waals surface area (Å²) in [5, 5.41) is 4.38. The predicted octanol–water partition coefficient (Wildman–Crippen LogP) is 6.71. The zero-order valence-electron chi connectivity index (χ0n) is 19.0. The van der Waals surface area contributed by atoms with Gasteiger partial charge in [0.05, 0.1) is 15.6 Å². The summed E-state index contributed by atoms with van der Waals surface area (Å²) in [6.07, 6.45) is 1.00. The number of Topliss-reactive ketones (excluding diaryl/α,β-unsaturated/α-hetero) is 1. The van der Waals surface area contributed by atoms with Crippen LogP contribution in [0.1, 0.15) is 49.3 Å². The number of nitrogens with one attached hydrogen (secondary N) is 2. The van der Waals surface area contributed by atoms with Gasteiger partial charge in [-0.15, -0.1) is 0 Å². The molecule has 1 aliphatic heterocycles. The number of aromatic amines is 1. The number of anilines is 1. The molecular formula is C26H22Cl2FN3O2S.